The van der Waals surface area contributed by atoms with E-state index in [1.54, 1.807) is 0 Å². The molecule has 0 unspecified atom stereocenters. The Morgan fingerprint density at radius 2 is 2.17 bits per heavy atom. The Morgan fingerprint density at radius 1 is 1.61 bits per heavy atom. The fourth-order valence-electron chi connectivity index (χ4n) is 1.43. The Kier molecular flexibility index (Phi) is 3.96. The minimum Gasteiger partial charge on any atom is -0.440 e. The number of cyclic esters (lactones) is 1. The van der Waals surface area contributed by atoms with Crippen molar-refractivity contribution in [3.8, 4) is 12.3 Å². The Bertz CT molecular complexity index is 377. The van der Waals surface area contributed by atoms with E-state index in [0.29, 0.717) is 0 Å². The molecule has 0 aliphatic carbocycles. The second kappa shape index (κ2) is 4.69. The van der Waals surface area contributed by atoms with E-state index in [-0.39, 0.29) is 18.1 Å². The Hall–Kier alpha value is -0.833. The molecule has 1 aliphatic heterocycles. The van der Waals surface area contributed by atoms with Crippen molar-refractivity contribution in [2.75, 3.05) is 6.61 Å². The van der Waals surface area contributed by atoms with Crippen molar-refractivity contribution in [2.45, 2.75) is 57.0 Å². The van der Waals surface area contributed by atoms with Gasteiger partial charge in [0.05, 0.1) is 13.0 Å². The highest BCUT2D eigenvalue weighted by atomic mass is 28.4. The molecule has 1 fully saturated rings. The molecular formula is C13H22O4Si. The van der Waals surface area contributed by atoms with Gasteiger partial charge in [0.25, 0.3) is 0 Å². The molecule has 18 heavy (non-hydrogen) atoms. The summed E-state index contributed by atoms with van der Waals surface area (Å²) in [5, 5.41) is 9.89. The lowest BCUT2D eigenvalue weighted by Gasteiger charge is -2.38. The summed E-state index contributed by atoms with van der Waals surface area (Å²) in [6.45, 7) is 10.6. The van der Waals surface area contributed by atoms with Crippen LogP contribution < -0.4 is 0 Å². The summed E-state index contributed by atoms with van der Waals surface area (Å²) in [7, 11) is -1.99. The van der Waals surface area contributed by atoms with Crippen LogP contribution >= 0.6 is 0 Å². The van der Waals surface area contributed by atoms with Crippen LogP contribution in [0.1, 0.15) is 27.2 Å². The summed E-state index contributed by atoms with van der Waals surface area (Å²) in [5.74, 6) is 1.91. The summed E-state index contributed by atoms with van der Waals surface area (Å²) in [6, 6.07) is 0. The number of hydrogen-bond acceptors (Lipinski definition) is 4. The predicted molar refractivity (Wildman–Crippen MR) is 71.4 cm³/mol. The highest BCUT2D eigenvalue weighted by molar-refractivity contribution is 6.74. The van der Waals surface area contributed by atoms with E-state index < -0.39 is 26.0 Å². The zero-order valence-electron chi connectivity index (χ0n) is 11.7. The van der Waals surface area contributed by atoms with Gasteiger partial charge in [-0.25, -0.2) is 0 Å². The SMILES string of the molecule is C#C[C@]1(CO[Si](C)(C)C(C)(C)C)OC(=O)C[C@@H]1O. The minimum absolute atomic E-state index is 0.0380. The summed E-state index contributed by atoms with van der Waals surface area (Å²) >= 11 is 0. The molecule has 0 radical (unpaired) electrons. The maximum Gasteiger partial charge on any atom is 0.310 e. The van der Waals surface area contributed by atoms with E-state index in [1.165, 1.54) is 0 Å². The van der Waals surface area contributed by atoms with E-state index in [2.05, 4.69) is 39.8 Å². The average molecular weight is 270 g/mol. The van der Waals surface area contributed by atoms with Crippen LogP contribution in [0.5, 0.6) is 0 Å². The van der Waals surface area contributed by atoms with Crippen molar-refractivity contribution in [1.82, 2.24) is 0 Å². The fraction of sp³-hybridized carbons (Fsp3) is 0.769. The van der Waals surface area contributed by atoms with Gasteiger partial charge in [0.1, 0.15) is 6.10 Å². The Balaban J connectivity index is 2.79. The molecule has 102 valence electrons. The fourth-order valence-corrected chi connectivity index (χ4v) is 2.44. The van der Waals surface area contributed by atoms with Crippen molar-refractivity contribution >= 4 is 14.3 Å². The number of rotatable bonds is 3. The molecule has 1 rings (SSSR count). The van der Waals surface area contributed by atoms with Crippen molar-refractivity contribution in [3.05, 3.63) is 0 Å². The number of aliphatic hydroxyl groups excluding tert-OH is 1. The number of terminal acetylenes is 1. The summed E-state index contributed by atoms with van der Waals surface area (Å²) in [5.41, 5.74) is -1.31. The number of carbonyl (C=O) groups excluding carboxylic acids is 1. The molecule has 4 nitrogen and oxygen atoms in total. The summed E-state index contributed by atoms with van der Waals surface area (Å²) in [6.07, 6.45) is 4.36. The molecule has 0 aromatic rings. The third-order valence-electron chi connectivity index (χ3n) is 3.89. The van der Waals surface area contributed by atoms with Crippen LogP contribution in [0.3, 0.4) is 0 Å². The zero-order chi connectivity index (χ0) is 14.2. The van der Waals surface area contributed by atoms with Gasteiger partial charge in [0.2, 0.25) is 5.60 Å². The van der Waals surface area contributed by atoms with Crippen LogP contribution in [0.25, 0.3) is 0 Å². The lowest BCUT2D eigenvalue weighted by Crippen LogP contribution is -2.49. The molecule has 0 aromatic carbocycles. The number of hydrogen-bond donors (Lipinski definition) is 1. The molecule has 0 saturated carbocycles. The molecule has 1 aliphatic rings. The first-order chi connectivity index (χ1) is 8.04. The largest absolute Gasteiger partial charge is 0.440 e. The number of ether oxygens (including phenoxy) is 1. The van der Waals surface area contributed by atoms with Gasteiger partial charge in [0.15, 0.2) is 8.32 Å². The van der Waals surface area contributed by atoms with Crippen molar-refractivity contribution in [1.29, 1.82) is 0 Å². The monoisotopic (exact) mass is 270 g/mol. The molecule has 2 atom stereocenters. The number of esters is 1. The second-order valence-corrected chi connectivity index (χ2v) is 11.1. The average Bonchev–Trinajstić information content (AvgIpc) is 2.50. The van der Waals surface area contributed by atoms with Gasteiger partial charge in [-0.15, -0.1) is 6.42 Å². The van der Waals surface area contributed by atoms with Gasteiger partial charge < -0.3 is 14.3 Å². The molecule has 1 N–H and O–H groups in total. The van der Waals surface area contributed by atoms with Gasteiger partial charge in [-0.3, -0.25) is 4.79 Å². The lowest BCUT2D eigenvalue weighted by molar-refractivity contribution is -0.148. The van der Waals surface area contributed by atoms with E-state index >= 15 is 0 Å². The molecule has 1 saturated heterocycles. The Morgan fingerprint density at radius 3 is 2.50 bits per heavy atom. The highest BCUT2D eigenvalue weighted by Gasteiger charge is 2.50. The van der Waals surface area contributed by atoms with Crippen molar-refractivity contribution in [2.24, 2.45) is 0 Å². The minimum atomic E-state index is -1.99. The smallest absolute Gasteiger partial charge is 0.310 e. The zero-order valence-corrected chi connectivity index (χ0v) is 12.7. The van der Waals surface area contributed by atoms with Crippen LogP contribution in [0, 0.1) is 12.3 Å². The van der Waals surface area contributed by atoms with Crippen LogP contribution in [0.2, 0.25) is 18.1 Å². The molecular weight excluding hydrogens is 248 g/mol. The first-order valence-corrected chi connectivity index (χ1v) is 8.96. The van der Waals surface area contributed by atoms with Gasteiger partial charge >= 0.3 is 5.97 Å². The second-order valence-electron chi connectivity index (χ2n) is 6.28. The quantitative estimate of drug-likeness (QED) is 0.482. The predicted octanol–water partition coefficient (Wildman–Crippen LogP) is 1.69. The molecule has 1 heterocycles. The third-order valence-corrected chi connectivity index (χ3v) is 8.37. The summed E-state index contributed by atoms with van der Waals surface area (Å²) < 4.78 is 11.0. The van der Waals surface area contributed by atoms with E-state index in [0.717, 1.165) is 0 Å². The highest BCUT2D eigenvalue weighted by Crippen LogP contribution is 2.38. The van der Waals surface area contributed by atoms with Crippen LogP contribution in [-0.2, 0) is 14.0 Å². The maximum atomic E-state index is 11.2. The molecule has 0 aromatic heterocycles. The first kappa shape index (κ1) is 15.2. The topological polar surface area (TPSA) is 55.8 Å². The van der Waals surface area contributed by atoms with Gasteiger partial charge in [-0.1, -0.05) is 26.7 Å². The summed E-state index contributed by atoms with van der Waals surface area (Å²) in [4.78, 5) is 11.2. The number of carbonyl (C=O) groups is 1. The van der Waals surface area contributed by atoms with E-state index in [1.807, 2.05) is 0 Å². The maximum absolute atomic E-state index is 11.2. The first-order valence-electron chi connectivity index (χ1n) is 6.06. The van der Waals surface area contributed by atoms with Gasteiger partial charge in [0, 0.05) is 0 Å². The third kappa shape index (κ3) is 2.77. The molecule has 0 amide bonds. The van der Waals surface area contributed by atoms with E-state index in [9.17, 15) is 9.90 Å². The molecule has 0 spiro atoms. The van der Waals surface area contributed by atoms with Crippen molar-refractivity contribution < 1.29 is 19.1 Å². The van der Waals surface area contributed by atoms with Crippen LogP contribution in [-0.4, -0.2) is 37.7 Å². The lowest BCUT2D eigenvalue weighted by atomic mass is 9.99. The van der Waals surface area contributed by atoms with Gasteiger partial charge in [-0.2, -0.15) is 0 Å². The van der Waals surface area contributed by atoms with Crippen LogP contribution in [0.15, 0.2) is 0 Å². The standard InChI is InChI=1S/C13H22O4Si/c1-7-13(10(14)8-11(15)17-13)9-16-18(5,6)12(2,3)4/h1,10,14H,8-9H2,2-6H3/t10-,13+/m0/s1. The molecule has 0 bridgehead atoms. The van der Waals surface area contributed by atoms with Gasteiger partial charge in [-0.05, 0) is 18.1 Å². The van der Waals surface area contributed by atoms with Crippen LogP contribution in [0.4, 0.5) is 0 Å². The normalized spacial score (nSPS) is 28.9. The van der Waals surface area contributed by atoms with E-state index in [4.69, 9.17) is 15.6 Å². The Labute approximate surface area is 110 Å². The molecule has 5 heteroatoms. The van der Waals surface area contributed by atoms with Crippen molar-refractivity contribution in [3.63, 3.8) is 0 Å². The number of aliphatic hydroxyl groups is 1.